The van der Waals surface area contributed by atoms with Crippen molar-refractivity contribution in [3.05, 3.63) is 28.6 Å². The average Bonchev–Trinajstić information content (AvgIpc) is 3.20. The Morgan fingerprint density at radius 3 is 2.75 bits per heavy atom. The summed E-state index contributed by atoms with van der Waals surface area (Å²) in [6.45, 7) is 2.36. The van der Waals surface area contributed by atoms with E-state index in [0.717, 1.165) is 6.42 Å². The van der Waals surface area contributed by atoms with Gasteiger partial charge in [0.05, 0.1) is 6.54 Å². The van der Waals surface area contributed by atoms with Crippen molar-refractivity contribution in [2.75, 3.05) is 7.05 Å². The predicted octanol–water partition coefficient (Wildman–Crippen LogP) is 1.60. The van der Waals surface area contributed by atoms with Gasteiger partial charge in [-0.2, -0.15) is 0 Å². The molecule has 130 valence electrons. The van der Waals surface area contributed by atoms with E-state index in [4.69, 9.17) is 0 Å². The minimum Gasteiger partial charge on any atom is -0.338 e. The first-order valence-corrected chi connectivity index (χ1v) is 8.61. The van der Waals surface area contributed by atoms with Gasteiger partial charge in [0.25, 0.3) is 5.56 Å². The van der Waals surface area contributed by atoms with Crippen LogP contribution < -0.4 is 5.56 Å². The van der Waals surface area contributed by atoms with E-state index in [1.165, 1.54) is 30.3 Å². The van der Waals surface area contributed by atoms with E-state index in [9.17, 15) is 9.59 Å². The van der Waals surface area contributed by atoms with Crippen LogP contribution in [0.4, 0.5) is 0 Å². The van der Waals surface area contributed by atoms with Gasteiger partial charge in [0.15, 0.2) is 5.82 Å². The number of fused-ring (bicyclic) bond motifs is 1. The fourth-order valence-electron chi connectivity index (χ4n) is 3.64. The van der Waals surface area contributed by atoms with Gasteiger partial charge >= 0.3 is 0 Å². The summed E-state index contributed by atoms with van der Waals surface area (Å²) in [5, 5.41) is 8.05. The highest BCUT2D eigenvalue weighted by Gasteiger charge is 2.24. The Kier molecular flexibility index (Phi) is 4.69. The SMILES string of the molecule is CC(CC1CCCC1)C(=O)N(C)Cc1nnc2c(=O)n(C)ccn12. The molecule has 1 saturated carbocycles. The van der Waals surface area contributed by atoms with Crippen molar-refractivity contribution in [1.82, 2.24) is 24.1 Å². The number of aryl methyl sites for hydroxylation is 1. The number of nitrogens with zero attached hydrogens (tertiary/aromatic N) is 5. The van der Waals surface area contributed by atoms with E-state index in [1.807, 2.05) is 6.92 Å². The van der Waals surface area contributed by atoms with Crippen molar-refractivity contribution in [2.24, 2.45) is 18.9 Å². The van der Waals surface area contributed by atoms with E-state index in [2.05, 4.69) is 10.2 Å². The molecule has 1 amide bonds. The molecule has 0 bridgehead atoms. The Hall–Kier alpha value is -2.18. The van der Waals surface area contributed by atoms with Crippen molar-refractivity contribution in [3.8, 4) is 0 Å². The summed E-state index contributed by atoms with van der Waals surface area (Å²) in [4.78, 5) is 26.3. The highest BCUT2D eigenvalue weighted by molar-refractivity contribution is 5.78. The van der Waals surface area contributed by atoms with Crippen molar-refractivity contribution >= 4 is 11.6 Å². The lowest BCUT2D eigenvalue weighted by atomic mass is 9.93. The zero-order valence-electron chi connectivity index (χ0n) is 14.6. The van der Waals surface area contributed by atoms with Crippen molar-refractivity contribution in [3.63, 3.8) is 0 Å². The van der Waals surface area contributed by atoms with E-state index < -0.39 is 0 Å². The third-order valence-corrected chi connectivity index (χ3v) is 5.06. The van der Waals surface area contributed by atoms with Crippen LogP contribution in [0, 0.1) is 11.8 Å². The lowest BCUT2D eigenvalue weighted by Crippen LogP contribution is -2.32. The summed E-state index contributed by atoms with van der Waals surface area (Å²) >= 11 is 0. The minimum atomic E-state index is -0.195. The number of hydrogen-bond donors (Lipinski definition) is 0. The number of carbonyl (C=O) groups is 1. The third-order valence-electron chi connectivity index (χ3n) is 5.06. The van der Waals surface area contributed by atoms with Crippen molar-refractivity contribution < 1.29 is 4.79 Å². The quantitative estimate of drug-likeness (QED) is 0.834. The molecule has 24 heavy (non-hydrogen) atoms. The second-order valence-electron chi connectivity index (χ2n) is 7.01. The molecule has 0 spiro atoms. The van der Waals surface area contributed by atoms with Gasteiger partial charge in [-0.25, -0.2) is 0 Å². The molecule has 7 heteroatoms. The zero-order valence-corrected chi connectivity index (χ0v) is 14.6. The smallest absolute Gasteiger partial charge is 0.295 e. The van der Waals surface area contributed by atoms with Gasteiger partial charge in [-0.05, 0) is 12.3 Å². The third kappa shape index (κ3) is 3.20. The molecule has 1 unspecified atom stereocenters. The molecule has 7 nitrogen and oxygen atoms in total. The normalized spacial score (nSPS) is 16.6. The van der Waals surface area contributed by atoms with Crippen LogP contribution in [-0.2, 0) is 18.4 Å². The van der Waals surface area contributed by atoms with Crippen LogP contribution in [0.1, 0.15) is 44.9 Å². The molecule has 1 atom stereocenters. The molecule has 1 aliphatic carbocycles. The molecule has 0 aromatic carbocycles. The zero-order chi connectivity index (χ0) is 17.3. The summed E-state index contributed by atoms with van der Waals surface area (Å²) in [5.74, 6) is 1.44. The lowest BCUT2D eigenvalue weighted by molar-refractivity contribution is -0.134. The molecule has 0 N–H and O–H groups in total. The summed E-state index contributed by atoms with van der Waals surface area (Å²) in [6.07, 6.45) is 9.48. The summed E-state index contributed by atoms with van der Waals surface area (Å²) in [7, 11) is 3.46. The summed E-state index contributed by atoms with van der Waals surface area (Å²) in [5.41, 5.74) is 0.0923. The summed E-state index contributed by atoms with van der Waals surface area (Å²) in [6, 6.07) is 0. The monoisotopic (exact) mass is 331 g/mol. The van der Waals surface area contributed by atoms with Gasteiger partial charge in [-0.3, -0.25) is 14.0 Å². The Bertz CT molecular complexity index is 788. The standard InChI is InChI=1S/C17H25N5O2/c1-12(10-13-6-4-5-7-13)16(23)21(3)11-14-18-19-15-17(24)20(2)8-9-22(14)15/h8-9,12-13H,4-7,10-11H2,1-3H3. The topological polar surface area (TPSA) is 72.5 Å². The molecule has 3 rings (SSSR count). The van der Waals surface area contributed by atoms with Crippen LogP contribution in [0.15, 0.2) is 17.2 Å². The molecule has 0 aliphatic heterocycles. The molecule has 1 aliphatic rings. The highest BCUT2D eigenvalue weighted by Crippen LogP contribution is 2.30. The number of rotatable bonds is 5. The second kappa shape index (κ2) is 6.75. The molecular formula is C17H25N5O2. The molecule has 2 aromatic rings. The molecule has 0 radical (unpaired) electrons. The van der Waals surface area contributed by atoms with E-state index >= 15 is 0 Å². The van der Waals surface area contributed by atoms with Gasteiger partial charge in [0.1, 0.15) is 0 Å². The molecule has 2 heterocycles. The Labute approximate surface area is 141 Å². The average molecular weight is 331 g/mol. The Morgan fingerprint density at radius 2 is 2.04 bits per heavy atom. The van der Waals surface area contributed by atoms with Crippen LogP contribution in [0.5, 0.6) is 0 Å². The molecule has 1 fully saturated rings. The van der Waals surface area contributed by atoms with Crippen molar-refractivity contribution in [1.29, 1.82) is 0 Å². The fraction of sp³-hybridized carbons (Fsp3) is 0.647. The maximum Gasteiger partial charge on any atom is 0.295 e. The van der Waals surface area contributed by atoms with Gasteiger partial charge in [-0.15, -0.1) is 10.2 Å². The first-order valence-electron chi connectivity index (χ1n) is 8.61. The van der Waals surface area contributed by atoms with Gasteiger partial charge < -0.3 is 9.47 Å². The Morgan fingerprint density at radius 1 is 1.33 bits per heavy atom. The van der Waals surface area contributed by atoms with Crippen molar-refractivity contribution in [2.45, 2.75) is 45.6 Å². The fourth-order valence-corrected chi connectivity index (χ4v) is 3.64. The number of aromatic nitrogens is 4. The number of carbonyl (C=O) groups excluding carboxylic acids is 1. The molecular weight excluding hydrogens is 306 g/mol. The van der Waals surface area contributed by atoms with E-state index in [-0.39, 0.29) is 23.0 Å². The predicted molar refractivity (Wildman–Crippen MR) is 90.4 cm³/mol. The number of amides is 1. The number of hydrogen-bond acceptors (Lipinski definition) is 4. The van der Waals surface area contributed by atoms with Gasteiger partial charge in [0.2, 0.25) is 11.6 Å². The van der Waals surface area contributed by atoms with Crippen LogP contribution in [0.25, 0.3) is 5.65 Å². The van der Waals surface area contributed by atoms with Crippen LogP contribution in [0.2, 0.25) is 0 Å². The van der Waals surface area contributed by atoms with Crippen LogP contribution in [0.3, 0.4) is 0 Å². The molecule has 0 saturated heterocycles. The van der Waals surface area contributed by atoms with Crippen LogP contribution >= 0.6 is 0 Å². The lowest BCUT2D eigenvalue weighted by Gasteiger charge is -2.22. The maximum atomic E-state index is 12.6. The van der Waals surface area contributed by atoms with Gasteiger partial charge in [-0.1, -0.05) is 32.6 Å². The van der Waals surface area contributed by atoms with E-state index in [0.29, 0.717) is 18.3 Å². The minimum absolute atomic E-state index is 0.0187. The Balaban J connectivity index is 1.70. The first-order chi connectivity index (χ1) is 11.5. The maximum absolute atomic E-state index is 12.6. The van der Waals surface area contributed by atoms with Crippen LogP contribution in [-0.4, -0.2) is 37.0 Å². The molecule has 2 aromatic heterocycles. The first kappa shape index (κ1) is 16.7. The largest absolute Gasteiger partial charge is 0.338 e. The highest BCUT2D eigenvalue weighted by atomic mass is 16.2. The summed E-state index contributed by atoms with van der Waals surface area (Å²) < 4.78 is 3.13. The van der Waals surface area contributed by atoms with Gasteiger partial charge in [0, 0.05) is 32.4 Å². The van der Waals surface area contributed by atoms with E-state index in [1.54, 1.807) is 35.8 Å². The second-order valence-corrected chi connectivity index (χ2v) is 7.01.